The third-order valence-corrected chi connectivity index (χ3v) is 9.68. The normalized spacial score (nSPS) is 11.9. The van der Waals surface area contributed by atoms with Crippen molar-refractivity contribution in [1.29, 1.82) is 0 Å². The molecule has 0 bridgehead atoms. The van der Waals surface area contributed by atoms with Gasteiger partial charge in [-0.2, -0.15) is 0 Å². The molecular weight excluding hydrogens is 629 g/mol. The predicted molar refractivity (Wildman–Crippen MR) is 181 cm³/mol. The average molecular weight is 667 g/mol. The number of carbonyl (C=O) groups excluding carboxylic acids is 2. The molecule has 0 aliphatic heterocycles. The number of rotatable bonds is 14. The highest BCUT2D eigenvalue weighted by molar-refractivity contribution is 7.92. The van der Waals surface area contributed by atoms with Crippen LogP contribution in [0.1, 0.15) is 36.5 Å². The van der Waals surface area contributed by atoms with Gasteiger partial charge in [-0.05, 0) is 60.9 Å². The van der Waals surface area contributed by atoms with Gasteiger partial charge in [-0.25, -0.2) is 8.42 Å². The van der Waals surface area contributed by atoms with Crippen molar-refractivity contribution in [3.05, 3.63) is 130 Å². The fraction of sp³-hybridized carbons (Fsp3) is 0.257. The van der Waals surface area contributed by atoms with Crippen molar-refractivity contribution >= 4 is 50.7 Å². The van der Waals surface area contributed by atoms with E-state index in [0.717, 1.165) is 28.3 Å². The Labute approximate surface area is 275 Å². The molecule has 2 amide bonds. The number of hydrogen-bond acceptors (Lipinski definition) is 4. The second kappa shape index (κ2) is 15.9. The zero-order valence-corrected chi connectivity index (χ0v) is 27.7. The van der Waals surface area contributed by atoms with Crippen LogP contribution in [0.4, 0.5) is 5.69 Å². The van der Waals surface area contributed by atoms with Crippen LogP contribution in [0, 0.1) is 6.92 Å². The van der Waals surface area contributed by atoms with Crippen LogP contribution >= 0.6 is 23.2 Å². The molecule has 0 unspecified atom stereocenters. The number of para-hydroxylation sites is 1. The van der Waals surface area contributed by atoms with Crippen molar-refractivity contribution in [2.75, 3.05) is 17.4 Å². The maximum Gasteiger partial charge on any atom is 0.264 e. The van der Waals surface area contributed by atoms with Gasteiger partial charge < -0.3 is 10.2 Å². The van der Waals surface area contributed by atoms with Crippen molar-refractivity contribution in [1.82, 2.24) is 10.2 Å². The summed E-state index contributed by atoms with van der Waals surface area (Å²) >= 11 is 12.8. The number of unbranched alkanes of at least 4 members (excludes halogenated alkanes) is 1. The topological polar surface area (TPSA) is 86.8 Å². The van der Waals surface area contributed by atoms with Crippen molar-refractivity contribution in [2.24, 2.45) is 0 Å². The first-order valence-electron chi connectivity index (χ1n) is 14.8. The van der Waals surface area contributed by atoms with Gasteiger partial charge in [0.15, 0.2) is 0 Å². The molecule has 0 spiro atoms. The van der Waals surface area contributed by atoms with E-state index in [4.69, 9.17) is 23.2 Å². The van der Waals surface area contributed by atoms with Crippen LogP contribution < -0.4 is 9.62 Å². The van der Waals surface area contributed by atoms with Crippen LogP contribution in [0.3, 0.4) is 0 Å². The molecule has 0 aromatic heterocycles. The summed E-state index contributed by atoms with van der Waals surface area (Å²) in [5, 5.41) is 3.63. The molecule has 0 aliphatic rings. The number of carbonyl (C=O) groups is 2. The van der Waals surface area contributed by atoms with Gasteiger partial charge in [0.25, 0.3) is 10.0 Å². The SMILES string of the molecule is CCCCNC(=O)[C@H](Cc1ccccc1)N(Cc1cccc(Cl)c1)C(=O)CN(c1ccccc1Cl)S(=O)(=O)c1ccc(C)cc1. The molecule has 4 rings (SSSR count). The number of anilines is 1. The zero-order valence-electron chi connectivity index (χ0n) is 25.3. The molecule has 0 saturated carbocycles. The van der Waals surface area contributed by atoms with Crippen LogP contribution in [0.25, 0.3) is 0 Å². The number of nitrogens with zero attached hydrogens (tertiary/aromatic N) is 2. The smallest absolute Gasteiger partial charge is 0.264 e. The molecule has 0 heterocycles. The first kappa shape index (κ1) is 34.0. The lowest BCUT2D eigenvalue weighted by Crippen LogP contribution is -2.53. The Kier molecular flexibility index (Phi) is 12.0. The minimum atomic E-state index is -4.24. The summed E-state index contributed by atoms with van der Waals surface area (Å²) in [5.41, 5.74) is 2.59. The fourth-order valence-corrected chi connectivity index (χ4v) is 6.83. The van der Waals surface area contributed by atoms with Gasteiger partial charge in [-0.15, -0.1) is 0 Å². The molecule has 0 radical (unpaired) electrons. The van der Waals surface area contributed by atoms with Gasteiger partial charge >= 0.3 is 0 Å². The highest BCUT2D eigenvalue weighted by atomic mass is 35.5. The number of hydrogen-bond donors (Lipinski definition) is 1. The third kappa shape index (κ3) is 9.10. The van der Waals surface area contributed by atoms with Crippen molar-refractivity contribution in [3.8, 4) is 0 Å². The van der Waals surface area contributed by atoms with Gasteiger partial charge in [-0.3, -0.25) is 13.9 Å². The quantitative estimate of drug-likeness (QED) is 0.146. The van der Waals surface area contributed by atoms with E-state index >= 15 is 0 Å². The Balaban J connectivity index is 1.80. The molecule has 4 aromatic carbocycles. The van der Waals surface area contributed by atoms with E-state index in [2.05, 4.69) is 5.32 Å². The molecule has 45 heavy (non-hydrogen) atoms. The van der Waals surface area contributed by atoms with Crippen LogP contribution in [0.15, 0.2) is 108 Å². The number of halogens is 2. The summed E-state index contributed by atoms with van der Waals surface area (Å²) < 4.78 is 29.3. The summed E-state index contributed by atoms with van der Waals surface area (Å²) in [5.74, 6) is -0.898. The first-order chi connectivity index (χ1) is 21.6. The minimum absolute atomic E-state index is 0.0142. The molecule has 0 aliphatic carbocycles. The van der Waals surface area contributed by atoms with Crippen molar-refractivity contribution < 1.29 is 18.0 Å². The van der Waals surface area contributed by atoms with Gasteiger partial charge in [0.2, 0.25) is 11.8 Å². The van der Waals surface area contributed by atoms with Crippen LogP contribution in [0.2, 0.25) is 10.0 Å². The van der Waals surface area contributed by atoms with Gasteiger partial charge in [0.1, 0.15) is 12.6 Å². The largest absolute Gasteiger partial charge is 0.354 e. The highest BCUT2D eigenvalue weighted by Gasteiger charge is 2.35. The van der Waals surface area contributed by atoms with Gasteiger partial charge in [-0.1, -0.05) is 109 Å². The Morgan fingerprint density at radius 3 is 2.18 bits per heavy atom. The van der Waals surface area contributed by atoms with E-state index in [9.17, 15) is 18.0 Å². The lowest BCUT2D eigenvalue weighted by atomic mass is 10.0. The van der Waals surface area contributed by atoms with E-state index < -0.39 is 28.5 Å². The number of aryl methyl sites for hydroxylation is 1. The summed E-state index contributed by atoms with van der Waals surface area (Å²) in [6.07, 6.45) is 1.89. The molecular formula is C35H37Cl2N3O4S. The average Bonchev–Trinajstić information content (AvgIpc) is 3.02. The second-order valence-corrected chi connectivity index (χ2v) is 13.5. The Morgan fingerprint density at radius 2 is 1.51 bits per heavy atom. The number of amides is 2. The molecule has 1 atom stereocenters. The molecule has 7 nitrogen and oxygen atoms in total. The monoisotopic (exact) mass is 665 g/mol. The lowest BCUT2D eigenvalue weighted by molar-refractivity contribution is -0.140. The molecule has 0 fully saturated rings. The van der Waals surface area contributed by atoms with Crippen molar-refractivity contribution in [2.45, 2.75) is 50.6 Å². The van der Waals surface area contributed by atoms with Crippen LogP contribution in [-0.2, 0) is 32.6 Å². The molecule has 10 heteroatoms. The second-order valence-electron chi connectivity index (χ2n) is 10.8. The predicted octanol–water partition coefficient (Wildman–Crippen LogP) is 7.05. The summed E-state index contributed by atoms with van der Waals surface area (Å²) in [6.45, 7) is 3.78. The summed E-state index contributed by atoms with van der Waals surface area (Å²) in [6, 6.07) is 28.4. The maximum atomic E-state index is 14.5. The number of sulfonamides is 1. The van der Waals surface area contributed by atoms with Crippen LogP contribution in [-0.4, -0.2) is 44.3 Å². The van der Waals surface area contributed by atoms with E-state index in [-0.39, 0.29) is 34.5 Å². The Hall–Kier alpha value is -3.85. The Morgan fingerprint density at radius 1 is 0.844 bits per heavy atom. The van der Waals surface area contributed by atoms with Gasteiger partial charge in [0.05, 0.1) is 15.6 Å². The Bertz CT molecular complexity index is 1700. The van der Waals surface area contributed by atoms with E-state index in [0.29, 0.717) is 17.1 Å². The summed E-state index contributed by atoms with van der Waals surface area (Å²) in [4.78, 5) is 29.7. The van der Waals surface area contributed by atoms with E-state index in [1.807, 2.05) is 50.2 Å². The van der Waals surface area contributed by atoms with Gasteiger partial charge in [0, 0.05) is 24.5 Å². The van der Waals surface area contributed by atoms with E-state index in [1.54, 1.807) is 54.6 Å². The molecule has 4 aromatic rings. The maximum absolute atomic E-state index is 14.5. The zero-order chi connectivity index (χ0) is 32.4. The molecule has 1 N–H and O–H groups in total. The minimum Gasteiger partial charge on any atom is -0.354 e. The fourth-order valence-electron chi connectivity index (χ4n) is 4.90. The van der Waals surface area contributed by atoms with Crippen LogP contribution in [0.5, 0.6) is 0 Å². The highest BCUT2D eigenvalue weighted by Crippen LogP contribution is 2.31. The number of nitrogens with one attached hydrogen (secondary N) is 1. The van der Waals surface area contributed by atoms with E-state index in [1.165, 1.54) is 17.0 Å². The first-order valence-corrected chi connectivity index (χ1v) is 17.0. The van der Waals surface area contributed by atoms with Crippen molar-refractivity contribution in [3.63, 3.8) is 0 Å². The summed E-state index contributed by atoms with van der Waals surface area (Å²) in [7, 11) is -4.24. The number of benzene rings is 4. The third-order valence-electron chi connectivity index (χ3n) is 7.35. The molecule has 236 valence electrons. The molecule has 0 saturated heterocycles. The lowest BCUT2D eigenvalue weighted by Gasteiger charge is -2.34. The standard InChI is InChI=1S/C35H37Cl2N3O4S/c1-3-4-21-38-35(42)33(23-27-11-6-5-7-12-27)39(24-28-13-10-14-29(36)22-28)34(41)25-40(32-16-9-8-15-31(32)37)45(43,44)30-19-17-26(2)18-20-30/h5-20,22,33H,3-4,21,23-25H2,1-2H3,(H,38,42)/t33-/m0/s1.